The van der Waals surface area contributed by atoms with E-state index in [1.54, 1.807) is 4.90 Å². The van der Waals surface area contributed by atoms with Gasteiger partial charge in [0.15, 0.2) is 0 Å². The minimum absolute atomic E-state index is 0.176. The fraction of sp³-hybridized carbons (Fsp3) is 0.438. The van der Waals surface area contributed by atoms with E-state index in [9.17, 15) is 10.1 Å². The van der Waals surface area contributed by atoms with E-state index in [2.05, 4.69) is 47.0 Å². The highest BCUT2D eigenvalue weighted by atomic mass is 35.5. The Kier molecular flexibility index (Phi) is 8.17. The highest BCUT2D eigenvalue weighted by Gasteiger charge is 2.35. The molecule has 1 aromatic heterocycles. The molecule has 6 rings (SSSR count). The molecule has 2 aromatic carbocycles. The number of aromatic nitrogens is 2. The van der Waals surface area contributed by atoms with Crippen LogP contribution in [0.1, 0.15) is 42.2 Å². The second-order valence-corrected chi connectivity index (χ2v) is 11.5. The number of hydrogen-bond donors (Lipinski definition) is 0. The maximum atomic E-state index is 12.4. The molecule has 42 heavy (non-hydrogen) atoms. The Balaban J connectivity index is 1.34. The van der Waals surface area contributed by atoms with E-state index < -0.39 is 5.91 Å². The number of terminal acetylenes is 1. The van der Waals surface area contributed by atoms with Gasteiger partial charge in [-0.2, -0.15) is 15.2 Å². The van der Waals surface area contributed by atoms with Crippen molar-refractivity contribution in [2.75, 3.05) is 44.7 Å². The Bertz CT molecular complexity index is 1580. The van der Waals surface area contributed by atoms with Crippen LogP contribution >= 0.6 is 11.6 Å². The summed E-state index contributed by atoms with van der Waals surface area (Å²) in [5.74, 6) is 2.52. The van der Waals surface area contributed by atoms with E-state index in [0.29, 0.717) is 56.3 Å². The van der Waals surface area contributed by atoms with Gasteiger partial charge in [0, 0.05) is 48.1 Å². The van der Waals surface area contributed by atoms with E-state index in [4.69, 9.17) is 37.5 Å². The quantitative estimate of drug-likeness (QED) is 0.399. The van der Waals surface area contributed by atoms with Crippen molar-refractivity contribution in [3.05, 3.63) is 58.2 Å². The number of fused-ring (bicyclic) bond motifs is 2. The van der Waals surface area contributed by atoms with Crippen molar-refractivity contribution in [2.45, 2.75) is 50.5 Å². The Morgan fingerprint density at radius 2 is 2.02 bits per heavy atom. The summed E-state index contributed by atoms with van der Waals surface area (Å²) >= 11 is 6.66. The van der Waals surface area contributed by atoms with Crippen LogP contribution in [0.25, 0.3) is 10.8 Å². The molecule has 0 N–H and O–H groups in total. The number of benzene rings is 2. The number of hydrogen-bond acceptors (Lipinski definition) is 8. The van der Waals surface area contributed by atoms with Gasteiger partial charge in [0.1, 0.15) is 12.4 Å². The molecule has 10 heteroatoms. The van der Waals surface area contributed by atoms with E-state index in [-0.39, 0.29) is 18.6 Å². The fourth-order valence-corrected chi connectivity index (χ4v) is 6.68. The lowest BCUT2D eigenvalue weighted by atomic mass is 9.94. The van der Waals surface area contributed by atoms with Gasteiger partial charge in [-0.25, -0.2) is 0 Å². The number of amides is 1. The number of rotatable bonds is 6. The molecule has 3 aliphatic rings. The molecule has 3 atom stereocenters. The number of ether oxygens (including phenoxy) is 2. The first-order valence-electron chi connectivity index (χ1n) is 14.4. The van der Waals surface area contributed by atoms with Crippen molar-refractivity contribution in [3.8, 4) is 24.4 Å². The standard InChI is InChI=1S/C32H33ClN6O3/c1-3-29(40)39-16-15-38(18-22(39)12-13-34)31-25-20-41-28(24-10-4-7-21-8-5-11-26(33)30(21)24)17-27(25)35-32(36-31)42-19-23-9-6-14-37(23)2/h1,4-5,7-8,10-11,22-23,28H,6,9,12,14-20H2,2H3/t22-,23-,28?/m0/s1. The lowest BCUT2D eigenvalue weighted by Gasteiger charge is -2.41. The van der Waals surface area contributed by atoms with Gasteiger partial charge < -0.3 is 24.2 Å². The van der Waals surface area contributed by atoms with Crippen LogP contribution in [0.3, 0.4) is 0 Å². The average Bonchev–Trinajstić information content (AvgIpc) is 3.43. The summed E-state index contributed by atoms with van der Waals surface area (Å²) in [5, 5.41) is 12.2. The second-order valence-electron chi connectivity index (χ2n) is 11.1. The van der Waals surface area contributed by atoms with Crippen LogP contribution in [-0.2, 0) is 22.6 Å². The third kappa shape index (κ3) is 5.48. The Labute approximate surface area is 251 Å². The molecule has 9 nitrogen and oxygen atoms in total. The van der Waals surface area contributed by atoms with Gasteiger partial charge in [0.2, 0.25) is 0 Å². The van der Waals surface area contributed by atoms with Crippen LogP contribution in [0.4, 0.5) is 5.82 Å². The molecular formula is C32H33ClN6O3. The number of carbonyl (C=O) groups excluding carboxylic acids is 1. The van der Waals surface area contributed by atoms with Crippen LogP contribution in [-0.4, -0.2) is 77.6 Å². The molecule has 216 valence electrons. The van der Waals surface area contributed by atoms with E-state index in [1.807, 2.05) is 18.2 Å². The monoisotopic (exact) mass is 584 g/mol. The molecule has 0 aliphatic carbocycles. The summed E-state index contributed by atoms with van der Waals surface area (Å²) in [6, 6.07) is 14.6. The zero-order valence-electron chi connectivity index (χ0n) is 23.6. The number of likely N-dealkylation sites (N-methyl/N-ethyl adjacent to an activating group) is 1. The van der Waals surface area contributed by atoms with Gasteiger partial charge in [0.25, 0.3) is 5.91 Å². The first-order valence-corrected chi connectivity index (χ1v) is 14.7. The molecule has 0 saturated carbocycles. The smallest absolute Gasteiger partial charge is 0.318 e. The molecule has 4 heterocycles. The largest absolute Gasteiger partial charge is 0.462 e. The highest BCUT2D eigenvalue weighted by molar-refractivity contribution is 6.35. The number of anilines is 1. The van der Waals surface area contributed by atoms with Crippen molar-refractivity contribution in [1.29, 1.82) is 5.26 Å². The number of nitrogens with zero attached hydrogens (tertiary/aromatic N) is 6. The Morgan fingerprint density at radius 3 is 2.79 bits per heavy atom. The first kappa shape index (κ1) is 28.2. The van der Waals surface area contributed by atoms with Crippen molar-refractivity contribution in [3.63, 3.8) is 0 Å². The molecule has 3 aliphatic heterocycles. The number of carbonyl (C=O) groups is 1. The van der Waals surface area contributed by atoms with E-state index in [1.165, 1.54) is 0 Å². The fourth-order valence-electron chi connectivity index (χ4n) is 6.39. The van der Waals surface area contributed by atoms with E-state index >= 15 is 0 Å². The summed E-state index contributed by atoms with van der Waals surface area (Å²) < 4.78 is 12.7. The van der Waals surface area contributed by atoms with Gasteiger partial charge in [-0.15, -0.1) is 6.42 Å². The predicted octanol–water partition coefficient (Wildman–Crippen LogP) is 4.13. The van der Waals surface area contributed by atoms with E-state index in [0.717, 1.165) is 52.8 Å². The lowest BCUT2D eigenvalue weighted by molar-refractivity contribution is -0.127. The number of likely N-dealkylation sites (tertiary alicyclic amines) is 1. The summed E-state index contributed by atoms with van der Waals surface area (Å²) in [4.78, 5) is 28.2. The molecule has 0 radical (unpaired) electrons. The number of halogens is 1. The molecule has 0 bridgehead atoms. The molecule has 1 amide bonds. The molecule has 2 fully saturated rings. The molecule has 2 saturated heterocycles. The molecule has 3 aromatic rings. The molecular weight excluding hydrogens is 552 g/mol. The normalized spacial score (nSPS) is 22.4. The lowest BCUT2D eigenvalue weighted by Crippen LogP contribution is -2.55. The second kappa shape index (κ2) is 12.1. The van der Waals surface area contributed by atoms with Gasteiger partial charge in [-0.3, -0.25) is 4.79 Å². The highest BCUT2D eigenvalue weighted by Crippen LogP contribution is 2.39. The third-order valence-electron chi connectivity index (χ3n) is 8.66. The molecule has 1 unspecified atom stereocenters. The Morgan fingerprint density at radius 1 is 1.19 bits per heavy atom. The summed E-state index contributed by atoms with van der Waals surface area (Å²) in [6.45, 7) is 3.22. The van der Waals surface area contributed by atoms with Crippen LogP contribution < -0.4 is 9.64 Å². The van der Waals surface area contributed by atoms with Crippen LogP contribution in [0.5, 0.6) is 6.01 Å². The zero-order valence-corrected chi connectivity index (χ0v) is 24.4. The minimum atomic E-state index is -0.399. The van der Waals surface area contributed by atoms with Gasteiger partial charge in [0.05, 0.1) is 36.9 Å². The van der Waals surface area contributed by atoms with Crippen molar-refractivity contribution in [1.82, 2.24) is 19.8 Å². The van der Waals surface area contributed by atoms with Crippen molar-refractivity contribution in [2.24, 2.45) is 0 Å². The van der Waals surface area contributed by atoms with Gasteiger partial charge in [-0.1, -0.05) is 41.9 Å². The number of piperazine rings is 1. The average molecular weight is 585 g/mol. The Hall–Kier alpha value is -3.89. The van der Waals surface area contributed by atoms with Crippen molar-refractivity contribution >= 4 is 34.1 Å². The van der Waals surface area contributed by atoms with Gasteiger partial charge >= 0.3 is 6.01 Å². The molecule has 0 spiro atoms. The summed E-state index contributed by atoms with van der Waals surface area (Å²) in [5.41, 5.74) is 2.79. The predicted molar refractivity (Wildman–Crippen MR) is 160 cm³/mol. The van der Waals surface area contributed by atoms with Crippen molar-refractivity contribution < 1.29 is 14.3 Å². The minimum Gasteiger partial charge on any atom is -0.462 e. The SMILES string of the molecule is C#CC(=O)N1CCN(c2nc(OC[C@@H]3CCCN3C)nc3c2COC(c2cccc4cccc(Cl)c24)C3)C[C@@H]1CC#N. The van der Waals surface area contributed by atoms with Gasteiger partial charge in [-0.05, 0) is 49.4 Å². The zero-order chi connectivity index (χ0) is 29.2. The maximum absolute atomic E-state index is 12.4. The van der Waals surface area contributed by atoms with Crippen LogP contribution in [0.15, 0.2) is 36.4 Å². The van der Waals surface area contributed by atoms with Crippen LogP contribution in [0.2, 0.25) is 5.02 Å². The summed E-state index contributed by atoms with van der Waals surface area (Å²) in [7, 11) is 2.11. The topological polar surface area (TPSA) is 94.8 Å². The first-order chi connectivity index (χ1) is 20.5. The summed E-state index contributed by atoms with van der Waals surface area (Å²) in [6.07, 6.45) is 8.11. The third-order valence-corrected chi connectivity index (χ3v) is 8.98. The number of nitriles is 1. The maximum Gasteiger partial charge on any atom is 0.318 e. The van der Waals surface area contributed by atoms with Crippen LogP contribution in [0, 0.1) is 23.7 Å².